The van der Waals surface area contributed by atoms with Crippen LogP contribution in [0.25, 0.3) is 0 Å². The Balaban J connectivity index is 1.16. The molecule has 6 rings (SSSR count). The summed E-state index contributed by atoms with van der Waals surface area (Å²) in [6.07, 6.45) is 10.3. The maximum absolute atomic E-state index is 12.6. The number of para-hydroxylation sites is 1. The highest BCUT2D eigenvalue weighted by molar-refractivity contribution is 5.83. The van der Waals surface area contributed by atoms with Gasteiger partial charge in [-0.15, -0.1) is 0 Å². The van der Waals surface area contributed by atoms with E-state index in [-0.39, 0.29) is 5.41 Å². The van der Waals surface area contributed by atoms with Gasteiger partial charge >= 0.3 is 5.97 Å². The van der Waals surface area contributed by atoms with E-state index in [1.807, 2.05) is 42.6 Å². The number of nitrogens with one attached hydrogen (secondary N) is 1. The van der Waals surface area contributed by atoms with Gasteiger partial charge in [0, 0.05) is 23.1 Å². The highest BCUT2D eigenvalue weighted by atomic mass is 16.5. The topological polar surface area (TPSA) is 71.5 Å². The first-order chi connectivity index (χ1) is 18.5. The third-order valence-corrected chi connectivity index (χ3v) is 9.66. The minimum atomic E-state index is -0.920. The fourth-order valence-electron chi connectivity index (χ4n) is 7.59. The van der Waals surface area contributed by atoms with Gasteiger partial charge in [0.05, 0.1) is 6.61 Å². The molecule has 38 heavy (non-hydrogen) atoms. The molecule has 0 saturated heterocycles. The summed E-state index contributed by atoms with van der Waals surface area (Å²) in [6, 6.07) is 20.7. The number of anilines is 1. The smallest absolute Gasteiger partial charge is 0.329 e. The van der Waals surface area contributed by atoms with Crippen molar-refractivity contribution < 1.29 is 14.6 Å². The average molecular weight is 511 g/mol. The third-order valence-electron chi connectivity index (χ3n) is 9.66. The van der Waals surface area contributed by atoms with Crippen LogP contribution in [-0.2, 0) is 23.1 Å². The van der Waals surface area contributed by atoms with Crippen LogP contribution in [0.5, 0.6) is 5.75 Å². The van der Waals surface area contributed by atoms with E-state index in [1.54, 1.807) is 0 Å². The first-order valence-corrected chi connectivity index (χ1v) is 14.3. The molecule has 2 aromatic carbocycles. The van der Waals surface area contributed by atoms with Gasteiger partial charge in [0.2, 0.25) is 0 Å². The van der Waals surface area contributed by atoms with Crippen molar-refractivity contribution in [2.45, 2.75) is 81.6 Å². The molecule has 2 N–H and O–H groups in total. The molecule has 0 amide bonds. The largest absolute Gasteiger partial charge is 0.493 e. The first kappa shape index (κ1) is 25.0. The van der Waals surface area contributed by atoms with Crippen molar-refractivity contribution in [1.82, 2.24) is 4.98 Å². The van der Waals surface area contributed by atoms with Crippen molar-refractivity contribution in [1.29, 1.82) is 0 Å². The lowest BCUT2D eigenvalue weighted by Gasteiger charge is -2.47. The second-order valence-electron chi connectivity index (χ2n) is 11.7. The lowest BCUT2D eigenvalue weighted by Crippen LogP contribution is -2.53. The molecule has 5 nitrogen and oxygen atoms in total. The molecule has 198 valence electrons. The Morgan fingerprint density at radius 3 is 2.61 bits per heavy atom. The Hall–Kier alpha value is -3.34. The number of nitrogens with zero attached hydrogens (tertiary/aromatic N) is 1. The third kappa shape index (κ3) is 4.36. The molecular weight excluding hydrogens is 472 g/mol. The molecule has 1 fully saturated rings. The molecule has 1 spiro atoms. The molecule has 0 radical (unpaired) electrons. The zero-order valence-corrected chi connectivity index (χ0v) is 22.3. The van der Waals surface area contributed by atoms with Crippen molar-refractivity contribution in [2.24, 2.45) is 5.92 Å². The molecule has 0 aliphatic heterocycles. The van der Waals surface area contributed by atoms with Crippen LogP contribution in [0, 0.1) is 5.92 Å². The summed E-state index contributed by atoms with van der Waals surface area (Å²) in [4.78, 5) is 17.1. The van der Waals surface area contributed by atoms with Crippen LogP contribution in [0.1, 0.15) is 80.2 Å². The standard InChI is InChI=1S/C33H38N2O3/c1-23-13-14-28-30(23)29(15-20-34-28)38-21-7-9-25-22-24-8-5-6-12-27(24)32(25)16-18-33(19-17-32,31(36)37)35-26-10-3-2-4-11-26/h2-6,8,10-12,15,20,23,25,35H,7,9,13-14,16-19,21-22H2,1H3,(H,36,37). The van der Waals surface area contributed by atoms with Gasteiger partial charge in [0.25, 0.3) is 0 Å². The van der Waals surface area contributed by atoms with Crippen molar-refractivity contribution in [2.75, 3.05) is 11.9 Å². The van der Waals surface area contributed by atoms with Crippen LogP contribution in [0.3, 0.4) is 0 Å². The molecule has 3 aromatic rings. The number of rotatable bonds is 8. The minimum Gasteiger partial charge on any atom is -0.493 e. The number of carbonyl (C=O) groups is 1. The van der Waals surface area contributed by atoms with Crippen LogP contribution in [-0.4, -0.2) is 28.2 Å². The number of pyridine rings is 1. The van der Waals surface area contributed by atoms with Gasteiger partial charge in [-0.1, -0.05) is 49.4 Å². The van der Waals surface area contributed by atoms with Crippen molar-refractivity contribution in [3.05, 3.63) is 89.2 Å². The maximum atomic E-state index is 12.6. The molecule has 1 saturated carbocycles. The van der Waals surface area contributed by atoms with E-state index in [9.17, 15) is 9.90 Å². The molecule has 5 heteroatoms. The number of aliphatic carboxylic acids is 1. The van der Waals surface area contributed by atoms with Gasteiger partial charge in [-0.25, -0.2) is 4.79 Å². The zero-order chi connectivity index (χ0) is 26.2. The van der Waals surface area contributed by atoms with Crippen LogP contribution < -0.4 is 10.1 Å². The van der Waals surface area contributed by atoms with E-state index in [2.05, 4.69) is 41.5 Å². The van der Waals surface area contributed by atoms with Gasteiger partial charge in [-0.3, -0.25) is 4.98 Å². The SMILES string of the molecule is CC1CCc2nccc(OCCCC3Cc4ccccc4C34CCC(Nc3ccccc3)(C(=O)O)CC4)c21. The number of fused-ring (bicyclic) bond motifs is 3. The second-order valence-corrected chi connectivity index (χ2v) is 11.7. The molecule has 1 aromatic heterocycles. The van der Waals surface area contributed by atoms with Gasteiger partial charge in [0.1, 0.15) is 11.3 Å². The number of ether oxygens (including phenoxy) is 1. The van der Waals surface area contributed by atoms with Crippen LogP contribution in [0.4, 0.5) is 5.69 Å². The van der Waals surface area contributed by atoms with Gasteiger partial charge in [-0.2, -0.15) is 0 Å². The van der Waals surface area contributed by atoms with Crippen LogP contribution >= 0.6 is 0 Å². The molecule has 2 unspecified atom stereocenters. The van der Waals surface area contributed by atoms with Gasteiger partial charge in [-0.05, 0) is 104 Å². The second kappa shape index (κ2) is 10.1. The summed E-state index contributed by atoms with van der Waals surface area (Å²) in [5.74, 6) is 1.29. The average Bonchev–Trinajstić information content (AvgIpc) is 3.47. The minimum absolute atomic E-state index is 0.0420. The van der Waals surface area contributed by atoms with E-state index in [1.165, 1.54) is 22.4 Å². The summed E-state index contributed by atoms with van der Waals surface area (Å²) in [5.41, 5.74) is 5.40. The number of hydrogen-bond acceptors (Lipinski definition) is 4. The van der Waals surface area contributed by atoms with E-state index in [4.69, 9.17) is 4.74 Å². The van der Waals surface area contributed by atoms with E-state index in [0.29, 0.717) is 31.3 Å². The maximum Gasteiger partial charge on any atom is 0.329 e. The van der Waals surface area contributed by atoms with E-state index < -0.39 is 11.5 Å². The number of hydrogen-bond donors (Lipinski definition) is 2. The Labute approximate surface area is 225 Å². The Bertz CT molecular complexity index is 1300. The fraction of sp³-hybridized carbons (Fsp3) is 0.455. The van der Waals surface area contributed by atoms with Crippen molar-refractivity contribution in [3.8, 4) is 5.75 Å². The van der Waals surface area contributed by atoms with Gasteiger partial charge < -0.3 is 15.2 Å². The predicted octanol–water partition coefficient (Wildman–Crippen LogP) is 6.91. The van der Waals surface area contributed by atoms with E-state index >= 15 is 0 Å². The van der Waals surface area contributed by atoms with Gasteiger partial charge in [0.15, 0.2) is 0 Å². The molecule has 3 aliphatic rings. The normalized spacial score (nSPS) is 27.6. The number of benzene rings is 2. The molecule has 2 atom stereocenters. The van der Waals surface area contributed by atoms with Crippen LogP contribution in [0.2, 0.25) is 0 Å². The van der Waals surface area contributed by atoms with Crippen molar-refractivity contribution in [3.63, 3.8) is 0 Å². The summed E-state index contributed by atoms with van der Waals surface area (Å²) in [7, 11) is 0. The summed E-state index contributed by atoms with van der Waals surface area (Å²) < 4.78 is 6.34. The fourth-order valence-corrected chi connectivity index (χ4v) is 7.59. The molecule has 0 bridgehead atoms. The number of carboxylic acids is 1. The quantitative estimate of drug-likeness (QED) is 0.322. The number of aryl methyl sites for hydroxylation is 1. The Morgan fingerprint density at radius 1 is 1.05 bits per heavy atom. The first-order valence-electron chi connectivity index (χ1n) is 14.3. The monoisotopic (exact) mass is 510 g/mol. The highest BCUT2D eigenvalue weighted by Gasteiger charge is 2.53. The summed E-state index contributed by atoms with van der Waals surface area (Å²) in [6.45, 7) is 2.98. The van der Waals surface area contributed by atoms with Crippen LogP contribution in [0.15, 0.2) is 66.9 Å². The molecular formula is C33H38N2O3. The zero-order valence-electron chi connectivity index (χ0n) is 22.3. The predicted molar refractivity (Wildman–Crippen MR) is 150 cm³/mol. The summed E-state index contributed by atoms with van der Waals surface area (Å²) >= 11 is 0. The van der Waals surface area contributed by atoms with Crippen molar-refractivity contribution >= 4 is 11.7 Å². The lowest BCUT2D eigenvalue weighted by atomic mass is 9.60. The lowest BCUT2D eigenvalue weighted by molar-refractivity contribution is -0.144. The highest BCUT2D eigenvalue weighted by Crippen LogP contribution is 2.55. The number of aromatic nitrogens is 1. The number of carboxylic acid groups (broad SMARTS) is 1. The molecule has 1 heterocycles. The Kier molecular flexibility index (Phi) is 6.63. The Morgan fingerprint density at radius 2 is 1.82 bits per heavy atom. The summed E-state index contributed by atoms with van der Waals surface area (Å²) in [5, 5.41) is 13.7. The van der Waals surface area contributed by atoms with E-state index in [0.717, 1.165) is 56.4 Å². The molecule has 3 aliphatic carbocycles.